The molecule has 0 unspecified atom stereocenters. The lowest BCUT2D eigenvalue weighted by Crippen LogP contribution is -2.00. The molecule has 0 aliphatic carbocycles. The van der Waals surface area contributed by atoms with E-state index in [2.05, 4.69) is 109 Å². The molecule has 0 aliphatic rings. The third kappa shape index (κ3) is 5.44. The molecule has 0 amide bonds. The number of benzene rings is 7. The maximum absolute atomic E-state index is 6.60. The Labute approximate surface area is 325 Å². The summed E-state index contributed by atoms with van der Waals surface area (Å²) in [6, 6.07) is 59.7. The maximum Gasteiger partial charge on any atom is 0.164 e. The molecule has 262 valence electrons. The number of fused-ring (bicyclic) bond motifs is 6. The second kappa shape index (κ2) is 13.2. The fourth-order valence-corrected chi connectivity index (χ4v) is 8.71. The van der Waals surface area contributed by atoms with E-state index in [0.717, 1.165) is 82.2 Å². The van der Waals surface area contributed by atoms with E-state index in [0.29, 0.717) is 23.3 Å². The van der Waals surface area contributed by atoms with Crippen LogP contribution in [0, 0.1) is 0 Å². The van der Waals surface area contributed by atoms with Gasteiger partial charge in [0.25, 0.3) is 0 Å². The van der Waals surface area contributed by atoms with E-state index >= 15 is 0 Å². The third-order valence-electron chi connectivity index (χ3n) is 10.2. The van der Waals surface area contributed by atoms with Crippen LogP contribution in [0.2, 0.25) is 0 Å². The number of thiophene rings is 1. The van der Waals surface area contributed by atoms with Crippen LogP contribution in [0.3, 0.4) is 0 Å². The van der Waals surface area contributed by atoms with Crippen LogP contribution in [0.25, 0.3) is 110 Å². The van der Waals surface area contributed by atoms with Gasteiger partial charge in [0.2, 0.25) is 0 Å². The van der Waals surface area contributed by atoms with Gasteiger partial charge in [0.15, 0.2) is 23.3 Å². The van der Waals surface area contributed by atoms with Gasteiger partial charge in [-0.25, -0.2) is 24.9 Å². The normalized spacial score (nSPS) is 11.6. The van der Waals surface area contributed by atoms with Crippen molar-refractivity contribution in [1.29, 1.82) is 0 Å². The zero-order valence-electron chi connectivity index (χ0n) is 29.8. The van der Waals surface area contributed by atoms with Crippen molar-refractivity contribution in [2.45, 2.75) is 0 Å². The molecule has 0 bridgehead atoms. The zero-order valence-corrected chi connectivity index (χ0v) is 30.6. The van der Waals surface area contributed by atoms with Gasteiger partial charge >= 0.3 is 0 Å². The minimum atomic E-state index is 0.548. The summed E-state index contributed by atoms with van der Waals surface area (Å²) >= 11 is 1.73. The van der Waals surface area contributed by atoms with Crippen molar-refractivity contribution in [2.24, 2.45) is 0 Å². The summed E-state index contributed by atoms with van der Waals surface area (Å²) in [5.41, 5.74) is 10.1. The fraction of sp³-hybridized carbons (Fsp3) is 0. The van der Waals surface area contributed by atoms with Crippen LogP contribution >= 0.6 is 11.3 Å². The number of aromatic nitrogens is 5. The summed E-state index contributed by atoms with van der Waals surface area (Å²) in [4.78, 5) is 26.0. The number of rotatable bonds is 6. The van der Waals surface area contributed by atoms with Crippen molar-refractivity contribution in [3.8, 4) is 67.9 Å². The largest absolute Gasteiger partial charge is 0.456 e. The van der Waals surface area contributed by atoms with Crippen molar-refractivity contribution in [3.05, 3.63) is 176 Å². The Morgan fingerprint density at radius 3 is 1.59 bits per heavy atom. The van der Waals surface area contributed by atoms with Crippen LogP contribution in [0.5, 0.6) is 0 Å². The molecule has 4 aromatic heterocycles. The zero-order chi connectivity index (χ0) is 37.0. The molecular formula is C49H29N5OS. The Morgan fingerprint density at radius 1 is 0.375 bits per heavy atom. The van der Waals surface area contributed by atoms with Crippen molar-refractivity contribution in [3.63, 3.8) is 0 Å². The van der Waals surface area contributed by atoms with Gasteiger partial charge in [0.1, 0.15) is 11.2 Å². The molecule has 56 heavy (non-hydrogen) atoms. The Balaban J connectivity index is 1.16. The quantitative estimate of drug-likeness (QED) is 0.169. The third-order valence-corrected chi connectivity index (χ3v) is 11.3. The SMILES string of the molecule is c1ccc(-c2cccc(-c3nc(-c4ccccc4)nc(-c4cccc5oc6cccc(-c7nc(-c8ccccc8)c8sc9ccccc9c8n7)c6c45)n3)c2)cc1. The first-order valence-corrected chi connectivity index (χ1v) is 19.2. The highest BCUT2D eigenvalue weighted by molar-refractivity contribution is 7.26. The first-order chi connectivity index (χ1) is 27.7. The second-order valence-electron chi connectivity index (χ2n) is 13.6. The van der Waals surface area contributed by atoms with Crippen molar-refractivity contribution in [2.75, 3.05) is 0 Å². The average Bonchev–Trinajstić information content (AvgIpc) is 3.86. The van der Waals surface area contributed by atoms with E-state index in [9.17, 15) is 0 Å². The van der Waals surface area contributed by atoms with Crippen LogP contribution in [-0.4, -0.2) is 24.9 Å². The first-order valence-electron chi connectivity index (χ1n) is 18.4. The van der Waals surface area contributed by atoms with E-state index in [-0.39, 0.29) is 0 Å². The van der Waals surface area contributed by atoms with Gasteiger partial charge in [-0.2, -0.15) is 0 Å². The summed E-state index contributed by atoms with van der Waals surface area (Å²) in [5, 5.41) is 2.92. The van der Waals surface area contributed by atoms with Gasteiger partial charge in [-0.1, -0.05) is 152 Å². The van der Waals surface area contributed by atoms with E-state index in [4.69, 9.17) is 29.3 Å². The fourth-order valence-electron chi connectivity index (χ4n) is 7.55. The van der Waals surface area contributed by atoms with Gasteiger partial charge in [0.05, 0.1) is 15.9 Å². The molecule has 7 aromatic carbocycles. The molecule has 0 aliphatic heterocycles. The molecule has 0 N–H and O–H groups in total. The molecular weight excluding hydrogens is 707 g/mol. The minimum Gasteiger partial charge on any atom is -0.456 e. The van der Waals surface area contributed by atoms with E-state index in [1.807, 2.05) is 66.7 Å². The number of hydrogen-bond donors (Lipinski definition) is 0. The summed E-state index contributed by atoms with van der Waals surface area (Å²) in [6.45, 7) is 0. The average molecular weight is 736 g/mol. The van der Waals surface area contributed by atoms with Crippen molar-refractivity contribution in [1.82, 2.24) is 24.9 Å². The predicted molar refractivity (Wildman–Crippen MR) is 228 cm³/mol. The Bertz CT molecular complexity index is 3250. The van der Waals surface area contributed by atoms with Gasteiger partial charge in [-0.05, 0) is 35.4 Å². The van der Waals surface area contributed by atoms with Crippen LogP contribution in [0.15, 0.2) is 180 Å². The van der Waals surface area contributed by atoms with Gasteiger partial charge in [0, 0.05) is 48.7 Å². The summed E-state index contributed by atoms with van der Waals surface area (Å²) in [6.07, 6.45) is 0. The lowest BCUT2D eigenvalue weighted by atomic mass is 10.0. The number of hydrogen-bond acceptors (Lipinski definition) is 7. The summed E-state index contributed by atoms with van der Waals surface area (Å²) in [7, 11) is 0. The summed E-state index contributed by atoms with van der Waals surface area (Å²) in [5.74, 6) is 2.35. The van der Waals surface area contributed by atoms with Crippen LogP contribution in [0.1, 0.15) is 0 Å². The highest BCUT2D eigenvalue weighted by Crippen LogP contribution is 2.43. The monoisotopic (exact) mass is 735 g/mol. The lowest BCUT2D eigenvalue weighted by Gasteiger charge is -2.11. The van der Waals surface area contributed by atoms with Crippen molar-refractivity contribution >= 4 is 53.6 Å². The topological polar surface area (TPSA) is 77.6 Å². The molecule has 11 aromatic rings. The van der Waals surface area contributed by atoms with E-state index in [1.54, 1.807) is 11.3 Å². The van der Waals surface area contributed by atoms with Crippen LogP contribution in [-0.2, 0) is 0 Å². The number of furan rings is 1. The van der Waals surface area contributed by atoms with Gasteiger partial charge in [-0.15, -0.1) is 11.3 Å². The highest BCUT2D eigenvalue weighted by atomic mass is 32.1. The smallest absolute Gasteiger partial charge is 0.164 e. The van der Waals surface area contributed by atoms with Gasteiger partial charge < -0.3 is 4.42 Å². The van der Waals surface area contributed by atoms with E-state index in [1.165, 1.54) is 4.70 Å². The molecule has 0 atom stereocenters. The molecule has 0 saturated heterocycles. The maximum atomic E-state index is 6.60. The molecule has 7 heteroatoms. The molecule has 0 saturated carbocycles. The molecule has 4 heterocycles. The van der Waals surface area contributed by atoms with Crippen LogP contribution < -0.4 is 0 Å². The molecule has 0 radical (unpaired) electrons. The lowest BCUT2D eigenvalue weighted by molar-refractivity contribution is 0.669. The standard InChI is InChI=1S/C49H29N5OS/c1-4-15-30(16-5-1)33-21-12-22-34(29-33)47-52-46(32-19-8-3-9-20-32)53-49(54-47)37-25-14-27-39-42(37)41-36(24-13-26-38(41)55-39)48-50-43(31-17-6-2-7-18-31)45-44(51-48)35-23-10-11-28-40(35)56-45/h1-29H. The van der Waals surface area contributed by atoms with E-state index < -0.39 is 0 Å². The molecule has 6 nitrogen and oxygen atoms in total. The Morgan fingerprint density at radius 2 is 0.893 bits per heavy atom. The Kier molecular flexibility index (Phi) is 7.57. The first kappa shape index (κ1) is 32.1. The van der Waals surface area contributed by atoms with Crippen molar-refractivity contribution < 1.29 is 4.42 Å². The highest BCUT2D eigenvalue weighted by Gasteiger charge is 2.23. The molecule has 11 rings (SSSR count). The molecule has 0 spiro atoms. The summed E-state index contributed by atoms with van der Waals surface area (Å²) < 4.78 is 8.84. The van der Waals surface area contributed by atoms with Crippen LogP contribution in [0.4, 0.5) is 0 Å². The minimum absolute atomic E-state index is 0.548. The predicted octanol–water partition coefficient (Wildman–Crippen LogP) is 12.9. The number of nitrogens with zero attached hydrogens (tertiary/aromatic N) is 5. The van der Waals surface area contributed by atoms with Gasteiger partial charge in [-0.3, -0.25) is 0 Å². The molecule has 0 fully saturated rings. The Hall–Kier alpha value is -7.35. The second-order valence-corrected chi connectivity index (χ2v) is 14.7.